The second-order valence-electron chi connectivity index (χ2n) is 5.80. The van der Waals surface area contributed by atoms with Crippen molar-refractivity contribution >= 4 is 23.2 Å². The Morgan fingerprint density at radius 1 is 0.786 bits per heavy atom. The summed E-state index contributed by atoms with van der Waals surface area (Å²) in [5.41, 5.74) is 0.576. The molecule has 0 heterocycles. The Hall–Kier alpha value is -3.18. The highest BCUT2D eigenvalue weighted by molar-refractivity contribution is 6.30. The van der Waals surface area contributed by atoms with Gasteiger partial charge in [0.1, 0.15) is 30.5 Å². The van der Waals surface area contributed by atoms with Gasteiger partial charge in [-0.2, -0.15) is 0 Å². The second-order valence-corrected chi connectivity index (χ2v) is 6.24. The Balaban J connectivity index is 1.47. The maximum absolute atomic E-state index is 12.2. The lowest BCUT2D eigenvalue weighted by molar-refractivity contribution is -0.118. The number of hydrogen-bond acceptors (Lipinski definition) is 4. The van der Waals surface area contributed by atoms with Gasteiger partial charge in [-0.05, 0) is 42.5 Å². The summed E-state index contributed by atoms with van der Waals surface area (Å²) in [4.78, 5) is 12.2. The first-order chi connectivity index (χ1) is 13.7. The number of anilines is 1. The Bertz CT molecular complexity index is 902. The molecule has 0 saturated heterocycles. The van der Waals surface area contributed by atoms with Crippen LogP contribution >= 0.6 is 11.6 Å². The SMILES string of the molecule is O=C(COc1ccccc1)Nc1ccccc1OCCOc1cccc(Cl)c1. The van der Waals surface area contributed by atoms with Gasteiger partial charge >= 0.3 is 0 Å². The molecule has 3 aromatic carbocycles. The normalized spacial score (nSPS) is 10.2. The van der Waals surface area contributed by atoms with E-state index in [1.54, 1.807) is 36.4 Å². The van der Waals surface area contributed by atoms with Crippen molar-refractivity contribution in [3.8, 4) is 17.2 Å². The number of para-hydroxylation sites is 3. The monoisotopic (exact) mass is 397 g/mol. The predicted molar refractivity (Wildman–Crippen MR) is 109 cm³/mol. The fourth-order valence-corrected chi connectivity index (χ4v) is 2.60. The van der Waals surface area contributed by atoms with E-state index in [4.69, 9.17) is 25.8 Å². The summed E-state index contributed by atoms with van der Waals surface area (Å²) >= 11 is 5.93. The largest absolute Gasteiger partial charge is 0.490 e. The van der Waals surface area contributed by atoms with Gasteiger partial charge in [0.25, 0.3) is 5.91 Å². The van der Waals surface area contributed by atoms with Crippen LogP contribution in [0.3, 0.4) is 0 Å². The van der Waals surface area contributed by atoms with E-state index in [9.17, 15) is 4.79 Å². The molecule has 0 aliphatic heterocycles. The lowest BCUT2D eigenvalue weighted by atomic mass is 10.3. The number of nitrogens with one attached hydrogen (secondary N) is 1. The van der Waals surface area contributed by atoms with E-state index >= 15 is 0 Å². The molecule has 0 radical (unpaired) electrons. The lowest BCUT2D eigenvalue weighted by Gasteiger charge is -2.13. The molecule has 0 aliphatic rings. The fraction of sp³-hybridized carbons (Fsp3) is 0.136. The minimum absolute atomic E-state index is 0.0871. The van der Waals surface area contributed by atoms with Crippen molar-refractivity contribution in [2.24, 2.45) is 0 Å². The molecule has 5 nitrogen and oxygen atoms in total. The van der Waals surface area contributed by atoms with Crippen molar-refractivity contribution in [3.05, 3.63) is 83.9 Å². The average Bonchev–Trinajstić information content (AvgIpc) is 2.72. The van der Waals surface area contributed by atoms with Crippen molar-refractivity contribution < 1.29 is 19.0 Å². The third kappa shape index (κ3) is 6.21. The Morgan fingerprint density at radius 2 is 1.50 bits per heavy atom. The lowest BCUT2D eigenvalue weighted by Crippen LogP contribution is -2.21. The van der Waals surface area contributed by atoms with Crippen molar-refractivity contribution in [3.63, 3.8) is 0 Å². The van der Waals surface area contributed by atoms with Gasteiger partial charge in [0.15, 0.2) is 6.61 Å². The zero-order chi connectivity index (χ0) is 19.6. The van der Waals surface area contributed by atoms with E-state index in [-0.39, 0.29) is 12.5 Å². The van der Waals surface area contributed by atoms with Crippen LogP contribution in [0, 0.1) is 0 Å². The summed E-state index contributed by atoms with van der Waals surface area (Å²) < 4.78 is 16.8. The maximum Gasteiger partial charge on any atom is 0.262 e. The maximum atomic E-state index is 12.2. The van der Waals surface area contributed by atoms with Crippen LogP contribution < -0.4 is 19.5 Å². The van der Waals surface area contributed by atoms with Crippen molar-refractivity contribution in [2.75, 3.05) is 25.1 Å². The van der Waals surface area contributed by atoms with Crippen LogP contribution in [0.4, 0.5) is 5.69 Å². The number of benzene rings is 3. The smallest absolute Gasteiger partial charge is 0.262 e. The second kappa shape index (κ2) is 10.2. The molecule has 0 aliphatic carbocycles. The van der Waals surface area contributed by atoms with Crippen LogP contribution in [-0.2, 0) is 4.79 Å². The molecule has 0 unspecified atom stereocenters. The van der Waals surface area contributed by atoms with E-state index in [0.29, 0.717) is 41.2 Å². The number of rotatable bonds is 9. The molecular weight excluding hydrogens is 378 g/mol. The van der Waals surface area contributed by atoms with Crippen molar-refractivity contribution in [2.45, 2.75) is 0 Å². The van der Waals surface area contributed by atoms with Crippen molar-refractivity contribution in [1.82, 2.24) is 0 Å². The molecule has 0 fully saturated rings. The van der Waals surface area contributed by atoms with Gasteiger partial charge in [0, 0.05) is 5.02 Å². The minimum Gasteiger partial charge on any atom is -0.490 e. The fourth-order valence-electron chi connectivity index (χ4n) is 2.42. The number of hydrogen-bond donors (Lipinski definition) is 1. The first kappa shape index (κ1) is 19.6. The third-order valence-electron chi connectivity index (χ3n) is 3.68. The molecule has 0 spiro atoms. The van der Waals surface area contributed by atoms with Crippen LogP contribution in [0.15, 0.2) is 78.9 Å². The number of carbonyl (C=O) groups is 1. The molecule has 144 valence electrons. The van der Waals surface area contributed by atoms with E-state index in [2.05, 4.69) is 5.32 Å². The van der Waals surface area contributed by atoms with Gasteiger partial charge in [-0.15, -0.1) is 0 Å². The average molecular weight is 398 g/mol. The van der Waals surface area contributed by atoms with Gasteiger partial charge in [-0.25, -0.2) is 0 Å². The molecule has 0 bridgehead atoms. The molecule has 0 saturated carbocycles. The summed E-state index contributed by atoms with van der Waals surface area (Å²) in [7, 11) is 0. The van der Waals surface area contributed by atoms with Crippen LogP contribution in [0.25, 0.3) is 0 Å². The summed E-state index contributed by atoms with van der Waals surface area (Å²) in [6.07, 6.45) is 0. The van der Waals surface area contributed by atoms with Gasteiger partial charge in [-0.1, -0.05) is 48.0 Å². The Kier molecular flexibility index (Phi) is 7.15. The zero-order valence-electron chi connectivity index (χ0n) is 15.1. The molecule has 28 heavy (non-hydrogen) atoms. The molecule has 0 aromatic heterocycles. The van der Waals surface area contributed by atoms with Crippen molar-refractivity contribution in [1.29, 1.82) is 0 Å². The quantitative estimate of drug-likeness (QED) is 0.526. The highest BCUT2D eigenvalue weighted by Gasteiger charge is 2.08. The predicted octanol–water partition coefficient (Wildman–Crippen LogP) is 4.82. The highest BCUT2D eigenvalue weighted by Crippen LogP contribution is 2.24. The minimum atomic E-state index is -0.268. The van der Waals surface area contributed by atoms with E-state index < -0.39 is 0 Å². The summed E-state index contributed by atoms with van der Waals surface area (Å²) in [5.74, 6) is 1.61. The molecule has 1 amide bonds. The molecule has 3 rings (SSSR count). The number of halogens is 1. The number of carbonyl (C=O) groups excluding carboxylic acids is 1. The molecule has 1 N–H and O–H groups in total. The Labute approximate surface area is 168 Å². The van der Waals surface area contributed by atoms with Crippen LogP contribution in [-0.4, -0.2) is 25.7 Å². The van der Waals surface area contributed by atoms with Crippen LogP contribution in [0.2, 0.25) is 5.02 Å². The van der Waals surface area contributed by atoms with Gasteiger partial charge in [-0.3, -0.25) is 4.79 Å². The van der Waals surface area contributed by atoms with Crippen LogP contribution in [0.5, 0.6) is 17.2 Å². The summed E-state index contributed by atoms with van der Waals surface area (Å²) in [6.45, 7) is 0.579. The zero-order valence-corrected chi connectivity index (χ0v) is 15.9. The molecule has 6 heteroatoms. The molecule has 3 aromatic rings. The number of amides is 1. The van der Waals surface area contributed by atoms with E-state index in [1.807, 2.05) is 42.5 Å². The van der Waals surface area contributed by atoms with Gasteiger partial charge < -0.3 is 19.5 Å². The van der Waals surface area contributed by atoms with E-state index in [0.717, 1.165) is 0 Å². The van der Waals surface area contributed by atoms with E-state index in [1.165, 1.54) is 0 Å². The topological polar surface area (TPSA) is 56.8 Å². The third-order valence-corrected chi connectivity index (χ3v) is 3.92. The first-order valence-electron chi connectivity index (χ1n) is 8.78. The molecule has 0 atom stereocenters. The first-order valence-corrected chi connectivity index (χ1v) is 9.16. The molecular formula is C22H20ClNO4. The number of ether oxygens (including phenoxy) is 3. The summed E-state index contributed by atoms with van der Waals surface area (Å²) in [5, 5.41) is 3.41. The summed E-state index contributed by atoms with van der Waals surface area (Å²) in [6, 6.07) is 23.6. The highest BCUT2D eigenvalue weighted by atomic mass is 35.5. The Morgan fingerprint density at radius 3 is 2.32 bits per heavy atom. The van der Waals surface area contributed by atoms with Gasteiger partial charge in [0.05, 0.1) is 5.69 Å². The standard InChI is InChI=1S/C22H20ClNO4/c23-17-7-6-10-19(15-17)26-13-14-27-21-12-5-4-11-20(21)24-22(25)16-28-18-8-2-1-3-9-18/h1-12,15H,13-14,16H2,(H,24,25). The van der Waals surface area contributed by atoms with Crippen LogP contribution in [0.1, 0.15) is 0 Å². The van der Waals surface area contributed by atoms with Gasteiger partial charge in [0.2, 0.25) is 0 Å².